The Morgan fingerprint density at radius 2 is 2.00 bits per heavy atom. The van der Waals surface area contributed by atoms with Crippen LogP contribution in [0.5, 0.6) is 0 Å². The Bertz CT molecular complexity index is 217. The molecule has 1 atom stereocenters. The second-order valence-corrected chi connectivity index (χ2v) is 3.66. The third kappa shape index (κ3) is 1.41. The first-order valence-corrected chi connectivity index (χ1v) is 3.70. The van der Waals surface area contributed by atoms with Crippen molar-refractivity contribution in [2.45, 2.75) is 17.3 Å². The van der Waals surface area contributed by atoms with Crippen LogP contribution in [0.15, 0.2) is 0 Å². The van der Waals surface area contributed by atoms with E-state index in [1.54, 1.807) is 6.92 Å². The Morgan fingerprint density at radius 1 is 1.45 bits per heavy atom. The van der Waals surface area contributed by atoms with Crippen LogP contribution in [0.2, 0.25) is 0 Å². The van der Waals surface area contributed by atoms with Gasteiger partial charge in [-0.15, -0.1) is 0 Å². The molecule has 1 heterocycles. The maximum Gasteiger partial charge on any atom is 0.321 e. The summed E-state index contributed by atoms with van der Waals surface area (Å²) in [6, 6.07) is -1.15. The van der Waals surface area contributed by atoms with E-state index in [-0.39, 0.29) is 0 Å². The summed E-state index contributed by atoms with van der Waals surface area (Å²) in [4.78, 5) is 21.5. The van der Waals surface area contributed by atoms with Gasteiger partial charge in [-0.1, -0.05) is 23.2 Å². The highest BCUT2D eigenvalue weighted by Gasteiger charge is 2.45. The van der Waals surface area contributed by atoms with Crippen LogP contribution in [-0.2, 0) is 4.79 Å². The monoisotopic (exact) mass is 196 g/mol. The minimum Gasteiger partial charge on any atom is -0.332 e. The zero-order valence-corrected chi connectivity index (χ0v) is 7.16. The number of hydrogen-bond donors (Lipinski definition) is 2. The zero-order chi connectivity index (χ0) is 8.65. The molecule has 0 saturated carbocycles. The number of alkyl halides is 2. The third-order valence-corrected chi connectivity index (χ3v) is 2.42. The van der Waals surface area contributed by atoms with E-state index in [0.29, 0.717) is 0 Å². The lowest BCUT2D eigenvalue weighted by Gasteiger charge is -2.30. The Kier molecular flexibility index (Phi) is 1.98. The van der Waals surface area contributed by atoms with Crippen LogP contribution in [0.4, 0.5) is 4.79 Å². The summed E-state index contributed by atoms with van der Waals surface area (Å²) in [6.07, 6.45) is 0. The van der Waals surface area contributed by atoms with Gasteiger partial charge in [-0.25, -0.2) is 4.79 Å². The fourth-order valence-electron chi connectivity index (χ4n) is 0.706. The topological polar surface area (TPSA) is 58.2 Å². The molecule has 1 saturated heterocycles. The van der Waals surface area contributed by atoms with Crippen LogP contribution in [0.25, 0.3) is 0 Å². The molecule has 3 amide bonds. The second-order valence-electron chi connectivity index (χ2n) is 2.27. The molecule has 2 N–H and O–H groups in total. The van der Waals surface area contributed by atoms with Crippen LogP contribution in [0.1, 0.15) is 6.92 Å². The van der Waals surface area contributed by atoms with Crippen LogP contribution < -0.4 is 10.6 Å². The van der Waals surface area contributed by atoms with E-state index in [4.69, 9.17) is 23.2 Å². The molecule has 1 aliphatic heterocycles. The summed E-state index contributed by atoms with van der Waals surface area (Å²) in [5, 5.41) is 4.31. The molecule has 62 valence electrons. The number of rotatable bonds is 0. The smallest absolute Gasteiger partial charge is 0.321 e. The Labute approximate surface area is 73.2 Å². The van der Waals surface area contributed by atoms with Gasteiger partial charge in [0, 0.05) is 0 Å². The number of carbonyl (C=O) groups excluding carboxylic acids is 2. The highest BCUT2D eigenvalue weighted by Crippen LogP contribution is 2.27. The summed E-state index contributed by atoms with van der Waals surface area (Å²) in [7, 11) is 0. The molecule has 1 aliphatic rings. The molecule has 0 aromatic heterocycles. The number of nitrogens with one attached hydrogen (secondary N) is 2. The standard InChI is InChI=1S/C5H6Cl2N2O2/c1-2-5(6,7)3(10)9-4(11)8-2/h2H,1H3,(H2,8,9,10,11). The molecule has 0 radical (unpaired) electrons. The predicted molar refractivity (Wildman–Crippen MR) is 40.6 cm³/mol. The average molecular weight is 197 g/mol. The van der Waals surface area contributed by atoms with Crippen molar-refractivity contribution >= 4 is 35.1 Å². The first-order valence-electron chi connectivity index (χ1n) is 2.94. The highest BCUT2D eigenvalue weighted by molar-refractivity contribution is 6.59. The molecular weight excluding hydrogens is 191 g/mol. The molecular formula is C5H6Cl2N2O2. The molecule has 11 heavy (non-hydrogen) atoms. The molecule has 0 aliphatic carbocycles. The van der Waals surface area contributed by atoms with Gasteiger partial charge >= 0.3 is 6.03 Å². The first kappa shape index (κ1) is 8.62. The van der Waals surface area contributed by atoms with E-state index < -0.39 is 22.3 Å². The van der Waals surface area contributed by atoms with Gasteiger partial charge in [0.15, 0.2) is 0 Å². The van der Waals surface area contributed by atoms with Gasteiger partial charge in [-0.05, 0) is 6.92 Å². The van der Waals surface area contributed by atoms with Crippen molar-refractivity contribution in [1.29, 1.82) is 0 Å². The number of imide groups is 1. The van der Waals surface area contributed by atoms with E-state index in [9.17, 15) is 9.59 Å². The largest absolute Gasteiger partial charge is 0.332 e. The molecule has 1 rings (SSSR count). The van der Waals surface area contributed by atoms with E-state index in [1.165, 1.54) is 0 Å². The van der Waals surface area contributed by atoms with Crippen molar-refractivity contribution in [2.24, 2.45) is 0 Å². The molecule has 1 fully saturated rings. The number of urea groups is 1. The molecule has 0 aromatic carbocycles. The average Bonchev–Trinajstić information content (AvgIpc) is 1.84. The van der Waals surface area contributed by atoms with Gasteiger partial charge < -0.3 is 5.32 Å². The van der Waals surface area contributed by atoms with Gasteiger partial charge in [0.25, 0.3) is 5.91 Å². The maximum absolute atomic E-state index is 10.9. The van der Waals surface area contributed by atoms with Gasteiger partial charge in [-0.2, -0.15) is 0 Å². The quantitative estimate of drug-likeness (QED) is 0.551. The highest BCUT2D eigenvalue weighted by atomic mass is 35.5. The van der Waals surface area contributed by atoms with Crippen molar-refractivity contribution < 1.29 is 9.59 Å². The number of carbonyl (C=O) groups is 2. The van der Waals surface area contributed by atoms with Crippen molar-refractivity contribution in [2.75, 3.05) is 0 Å². The van der Waals surface area contributed by atoms with E-state index in [0.717, 1.165) is 0 Å². The normalized spacial score (nSPS) is 29.2. The molecule has 6 heteroatoms. The minimum absolute atomic E-state index is 0.570. The Morgan fingerprint density at radius 3 is 2.45 bits per heavy atom. The number of halogens is 2. The summed E-state index contributed by atoms with van der Waals surface area (Å²) in [6.45, 7) is 1.55. The molecule has 0 spiro atoms. The van der Waals surface area contributed by atoms with Crippen LogP contribution in [0.3, 0.4) is 0 Å². The van der Waals surface area contributed by atoms with Crippen molar-refractivity contribution in [3.05, 3.63) is 0 Å². The fraction of sp³-hybridized carbons (Fsp3) is 0.600. The lowest BCUT2D eigenvalue weighted by molar-refractivity contribution is -0.121. The number of amides is 3. The third-order valence-electron chi connectivity index (χ3n) is 1.42. The number of hydrogen-bond acceptors (Lipinski definition) is 2. The summed E-state index contributed by atoms with van der Waals surface area (Å²) < 4.78 is -1.56. The fourth-order valence-corrected chi connectivity index (χ4v) is 0.910. The van der Waals surface area contributed by atoms with E-state index in [2.05, 4.69) is 5.32 Å². The second kappa shape index (κ2) is 2.53. The molecule has 1 unspecified atom stereocenters. The van der Waals surface area contributed by atoms with E-state index in [1.807, 2.05) is 5.32 Å². The summed E-state index contributed by atoms with van der Waals surface area (Å²) in [5.74, 6) is -0.683. The van der Waals surface area contributed by atoms with Crippen LogP contribution >= 0.6 is 23.2 Å². The van der Waals surface area contributed by atoms with Crippen molar-refractivity contribution in [3.8, 4) is 0 Å². The van der Waals surface area contributed by atoms with Gasteiger partial charge in [0.2, 0.25) is 4.33 Å². The lowest BCUT2D eigenvalue weighted by atomic mass is 10.2. The SMILES string of the molecule is CC1NC(=O)NC(=O)C1(Cl)Cl. The maximum atomic E-state index is 10.9. The zero-order valence-electron chi connectivity index (χ0n) is 5.65. The van der Waals surface area contributed by atoms with Gasteiger partial charge in [0.05, 0.1) is 6.04 Å². The Hall–Kier alpha value is -0.480. The minimum atomic E-state index is -1.56. The van der Waals surface area contributed by atoms with Crippen LogP contribution in [-0.4, -0.2) is 22.3 Å². The molecule has 4 nitrogen and oxygen atoms in total. The van der Waals surface area contributed by atoms with Crippen molar-refractivity contribution in [3.63, 3.8) is 0 Å². The van der Waals surface area contributed by atoms with Crippen molar-refractivity contribution in [1.82, 2.24) is 10.6 Å². The summed E-state index contributed by atoms with van der Waals surface area (Å²) >= 11 is 11.2. The summed E-state index contributed by atoms with van der Waals surface area (Å²) in [5.41, 5.74) is 0. The Balaban J connectivity index is 2.84. The molecule has 0 bridgehead atoms. The van der Waals surface area contributed by atoms with Crippen LogP contribution in [0, 0.1) is 0 Å². The van der Waals surface area contributed by atoms with Gasteiger partial charge in [0.1, 0.15) is 0 Å². The lowest BCUT2D eigenvalue weighted by Crippen LogP contribution is -2.62. The van der Waals surface area contributed by atoms with E-state index >= 15 is 0 Å². The molecule has 0 aromatic rings. The predicted octanol–water partition coefficient (Wildman–Crippen LogP) is 0.388. The first-order chi connectivity index (χ1) is 4.94. The van der Waals surface area contributed by atoms with Gasteiger partial charge in [-0.3, -0.25) is 10.1 Å².